The number of amidine groups is 1. The summed E-state index contributed by atoms with van der Waals surface area (Å²) in [6.07, 6.45) is 5.94. The quantitative estimate of drug-likeness (QED) is 0.283. The molecule has 4 N–H and O–H groups in total. The van der Waals surface area contributed by atoms with Crippen LogP contribution in [0.4, 0.5) is 0 Å². The molecular weight excluding hydrogens is 256 g/mol. The molecule has 0 aromatic heterocycles. The van der Waals surface area contributed by atoms with E-state index in [4.69, 9.17) is 15.7 Å². The van der Waals surface area contributed by atoms with Gasteiger partial charge in [0, 0.05) is 32.1 Å². The molecule has 2 aliphatic heterocycles. The number of nitrogens with zero attached hydrogens (tertiary/aromatic N) is 2. The average Bonchev–Trinajstić information content (AvgIpc) is 3.04. The molecule has 2 atom stereocenters. The van der Waals surface area contributed by atoms with Crippen LogP contribution >= 0.6 is 0 Å². The van der Waals surface area contributed by atoms with Gasteiger partial charge in [-0.2, -0.15) is 0 Å². The van der Waals surface area contributed by atoms with Gasteiger partial charge in [0.05, 0.1) is 12.7 Å². The van der Waals surface area contributed by atoms with Gasteiger partial charge in [0.25, 0.3) is 0 Å². The van der Waals surface area contributed by atoms with Crippen LogP contribution in [0.1, 0.15) is 32.1 Å². The van der Waals surface area contributed by atoms with Crippen molar-refractivity contribution in [3.8, 4) is 0 Å². The topological polar surface area (TPSA) is 83.1 Å². The number of hydrogen-bond donors (Lipinski definition) is 3. The van der Waals surface area contributed by atoms with Gasteiger partial charge in [-0.05, 0) is 37.6 Å². The molecule has 3 fully saturated rings. The average molecular weight is 282 g/mol. The first kappa shape index (κ1) is 14.1. The van der Waals surface area contributed by atoms with E-state index in [0.717, 1.165) is 39.1 Å². The maximum absolute atomic E-state index is 8.66. The van der Waals surface area contributed by atoms with Crippen molar-refractivity contribution in [3.05, 3.63) is 0 Å². The van der Waals surface area contributed by atoms with E-state index in [2.05, 4.69) is 15.4 Å². The van der Waals surface area contributed by atoms with Gasteiger partial charge >= 0.3 is 0 Å². The van der Waals surface area contributed by atoms with Crippen molar-refractivity contribution in [2.24, 2.45) is 16.3 Å². The molecule has 114 valence electrons. The van der Waals surface area contributed by atoms with Gasteiger partial charge in [-0.1, -0.05) is 5.16 Å². The van der Waals surface area contributed by atoms with E-state index in [1.54, 1.807) is 0 Å². The summed E-state index contributed by atoms with van der Waals surface area (Å²) in [5.41, 5.74) is 5.84. The van der Waals surface area contributed by atoms with E-state index in [0.29, 0.717) is 24.4 Å². The van der Waals surface area contributed by atoms with Crippen molar-refractivity contribution in [1.82, 2.24) is 10.2 Å². The van der Waals surface area contributed by atoms with Crippen LogP contribution in [-0.4, -0.2) is 60.9 Å². The standard InChI is InChI=1S/C14H26N4O2/c15-13(17-19)6-14(3-4-14)10-16-7-12-8-18-5-1-2-11(18)9-20-12/h11-12,16,19H,1-10H2,(H2,15,17). The summed E-state index contributed by atoms with van der Waals surface area (Å²) in [5, 5.41) is 15.3. The van der Waals surface area contributed by atoms with Crippen LogP contribution in [0.3, 0.4) is 0 Å². The lowest BCUT2D eigenvalue weighted by Crippen LogP contribution is -2.49. The van der Waals surface area contributed by atoms with Gasteiger partial charge < -0.3 is 21.0 Å². The van der Waals surface area contributed by atoms with Crippen LogP contribution in [0.25, 0.3) is 0 Å². The minimum atomic E-state index is 0.223. The molecule has 6 heteroatoms. The molecule has 0 amide bonds. The second kappa shape index (κ2) is 5.87. The van der Waals surface area contributed by atoms with Gasteiger partial charge in [0.1, 0.15) is 5.84 Å². The second-order valence-corrected chi connectivity index (χ2v) is 6.65. The third kappa shape index (κ3) is 3.24. The summed E-state index contributed by atoms with van der Waals surface area (Å²) in [7, 11) is 0. The van der Waals surface area contributed by atoms with E-state index in [9.17, 15) is 0 Å². The van der Waals surface area contributed by atoms with Gasteiger partial charge in [-0.25, -0.2) is 0 Å². The predicted molar refractivity (Wildman–Crippen MR) is 76.9 cm³/mol. The second-order valence-electron chi connectivity index (χ2n) is 6.65. The summed E-state index contributed by atoms with van der Waals surface area (Å²) in [5.74, 6) is 0.345. The van der Waals surface area contributed by atoms with Crippen LogP contribution in [0, 0.1) is 5.41 Å². The Morgan fingerprint density at radius 1 is 1.50 bits per heavy atom. The fourth-order valence-electron chi connectivity index (χ4n) is 3.52. The number of nitrogens with one attached hydrogen (secondary N) is 1. The Labute approximate surface area is 120 Å². The van der Waals surface area contributed by atoms with Crippen molar-refractivity contribution in [2.45, 2.75) is 44.2 Å². The van der Waals surface area contributed by atoms with Crippen molar-refractivity contribution in [3.63, 3.8) is 0 Å². The van der Waals surface area contributed by atoms with E-state index in [1.807, 2.05) is 0 Å². The van der Waals surface area contributed by atoms with Crippen molar-refractivity contribution in [1.29, 1.82) is 0 Å². The molecule has 2 unspecified atom stereocenters. The fourth-order valence-corrected chi connectivity index (χ4v) is 3.52. The normalized spacial score (nSPS) is 33.1. The first-order valence-electron chi connectivity index (χ1n) is 7.74. The minimum Gasteiger partial charge on any atom is -0.409 e. The third-order valence-corrected chi connectivity index (χ3v) is 4.98. The number of oxime groups is 1. The van der Waals surface area contributed by atoms with Gasteiger partial charge in [0.2, 0.25) is 0 Å². The molecule has 6 nitrogen and oxygen atoms in total. The number of rotatable bonds is 6. The van der Waals surface area contributed by atoms with Crippen LogP contribution in [-0.2, 0) is 4.74 Å². The molecule has 1 saturated carbocycles. The Balaban J connectivity index is 1.38. The summed E-state index contributed by atoms with van der Waals surface area (Å²) in [6.45, 7) is 5.03. The number of morpholine rings is 1. The molecular formula is C14H26N4O2. The molecule has 3 rings (SSSR count). The SMILES string of the molecule is NC(CC1(CNCC2CN3CCCC3CO2)CC1)=NO. The summed E-state index contributed by atoms with van der Waals surface area (Å²) in [4.78, 5) is 2.57. The molecule has 2 saturated heterocycles. The zero-order chi connectivity index (χ0) is 14.0. The van der Waals surface area contributed by atoms with E-state index in [1.165, 1.54) is 19.4 Å². The van der Waals surface area contributed by atoms with Crippen LogP contribution in [0.2, 0.25) is 0 Å². The maximum atomic E-state index is 8.66. The van der Waals surface area contributed by atoms with Crippen LogP contribution in [0.5, 0.6) is 0 Å². The van der Waals surface area contributed by atoms with Crippen LogP contribution in [0.15, 0.2) is 5.16 Å². The first-order chi connectivity index (χ1) is 9.71. The summed E-state index contributed by atoms with van der Waals surface area (Å²) in [6, 6.07) is 0.668. The lowest BCUT2D eigenvalue weighted by Gasteiger charge is -2.35. The highest BCUT2D eigenvalue weighted by Gasteiger charge is 2.43. The molecule has 0 radical (unpaired) electrons. The Bertz CT molecular complexity index is 370. The summed E-state index contributed by atoms with van der Waals surface area (Å²) < 4.78 is 5.94. The molecule has 1 aliphatic carbocycles. The highest BCUT2D eigenvalue weighted by Crippen LogP contribution is 2.48. The number of fused-ring (bicyclic) bond motifs is 1. The highest BCUT2D eigenvalue weighted by atomic mass is 16.5. The Kier molecular flexibility index (Phi) is 4.14. The van der Waals surface area contributed by atoms with Crippen molar-refractivity contribution >= 4 is 5.84 Å². The zero-order valence-corrected chi connectivity index (χ0v) is 12.1. The molecule has 0 aromatic rings. The fraction of sp³-hybridized carbons (Fsp3) is 0.929. The number of ether oxygens (including phenoxy) is 1. The molecule has 2 heterocycles. The molecule has 0 aromatic carbocycles. The molecule has 0 spiro atoms. The number of hydrogen-bond acceptors (Lipinski definition) is 5. The lowest BCUT2D eigenvalue weighted by molar-refractivity contribution is -0.0472. The van der Waals surface area contributed by atoms with E-state index in [-0.39, 0.29) is 5.41 Å². The lowest BCUT2D eigenvalue weighted by atomic mass is 10.0. The maximum Gasteiger partial charge on any atom is 0.139 e. The highest BCUT2D eigenvalue weighted by molar-refractivity contribution is 5.80. The molecule has 20 heavy (non-hydrogen) atoms. The van der Waals surface area contributed by atoms with Crippen LogP contribution < -0.4 is 11.1 Å². The van der Waals surface area contributed by atoms with Gasteiger partial charge in [-0.15, -0.1) is 0 Å². The minimum absolute atomic E-state index is 0.223. The third-order valence-electron chi connectivity index (χ3n) is 4.98. The van der Waals surface area contributed by atoms with E-state index >= 15 is 0 Å². The Morgan fingerprint density at radius 2 is 2.35 bits per heavy atom. The van der Waals surface area contributed by atoms with Gasteiger partial charge in [-0.3, -0.25) is 4.90 Å². The molecule has 3 aliphatic rings. The molecule has 0 bridgehead atoms. The zero-order valence-electron chi connectivity index (χ0n) is 12.1. The monoisotopic (exact) mass is 282 g/mol. The Morgan fingerprint density at radius 3 is 3.10 bits per heavy atom. The van der Waals surface area contributed by atoms with E-state index < -0.39 is 0 Å². The van der Waals surface area contributed by atoms with Crippen molar-refractivity contribution in [2.75, 3.05) is 32.8 Å². The number of nitrogens with two attached hydrogens (primary N) is 1. The first-order valence-corrected chi connectivity index (χ1v) is 7.74. The largest absolute Gasteiger partial charge is 0.409 e. The predicted octanol–water partition coefficient (Wildman–Crippen LogP) is 0.356. The smallest absolute Gasteiger partial charge is 0.139 e. The van der Waals surface area contributed by atoms with Gasteiger partial charge in [0.15, 0.2) is 0 Å². The van der Waals surface area contributed by atoms with Crippen molar-refractivity contribution < 1.29 is 9.94 Å². The Hall–Kier alpha value is -0.850. The summed E-state index contributed by atoms with van der Waals surface area (Å²) >= 11 is 0.